The highest BCUT2D eigenvalue weighted by molar-refractivity contribution is 6.02. The molecule has 1 saturated carbocycles. The fraction of sp³-hybridized carbons (Fsp3) is 0.667. The summed E-state index contributed by atoms with van der Waals surface area (Å²) in [7, 11) is 0. The Balaban J connectivity index is 1.91. The van der Waals surface area contributed by atoms with Crippen LogP contribution in [-0.2, 0) is 14.4 Å². The zero-order valence-corrected chi connectivity index (χ0v) is 7.78. The second-order valence-corrected chi connectivity index (χ2v) is 3.87. The second-order valence-electron chi connectivity index (χ2n) is 3.87. The van der Waals surface area contributed by atoms with E-state index in [1.54, 1.807) is 0 Å². The van der Waals surface area contributed by atoms with Gasteiger partial charge < -0.3 is 4.90 Å². The van der Waals surface area contributed by atoms with Gasteiger partial charge in [0.1, 0.15) is 13.1 Å². The molecule has 3 amide bonds. The van der Waals surface area contributed by atoms with Crippen LogP contribution in [0.4, 0.5) is 0 Å². The van der Waals surface area contributed by atoms with Gasteiger partial charge in [0, 0.05) is 6.42 Å². The maximum absolute atomic E-state index is 11.5. The SMILES string of the molecule is O=C1CN(C(=O)CC2CC2)CC(=O)N1. The van der Waals surface area contributed by atoms with Crippen LogP contribution in [0.1, 0.15) is 19.3 Å². The molecule has 76 valence electrons. The smallest absolute Gasteiger partial charge is 0.246 e. The highest BCUT2D eigenvalue weighted by Gasteiger charge is 2.30. The molecule has 2 aliphatic rings. The largest absolute Gasteiger partial charge is 0.324 e. The Morgan fingerprint density at radius 1 is 1.29 bits per heavy atom. The normalized spacial score (nSPS) is 22.1. The van der Waals surface area contributed by atoms with Gasteiger partial charge in [0.05, 0.1) is 0 Å². The molecule has 1 aliphatic carbocycles. The van der Waals surface area contributed by atoms with Crippen molar-refractivity contribution in [2.24, 2.45) is 5.92 Å². The zero-order chi connectivity index (χ0) is 10.1. The van der Waals surface area contributed by atoms with Crippen molar-refractivity contribution < 1.29 is 14.4 Å². The van der Waals surface area contributed by atoms with Crippen molar-refractivity contribution in [1.29, 1.82) is 0 Å². The van der Waals surface area contributed by atoms with Gasteiger partial charge in [-0.15, -0.1) is 0 Å². The predicted octanol–water partition coefficient (Wildman–Crippen LogP) is -0.728. The van der Waals surface area contributed by atoms with E-state index in [0.29, 0.717) is 12.3 Å². The first-order valence-corrected chi connectivity index (χ1v) is 4.75. The molecule has 5 heteroatoms. The lowest BCUT2D eigenvalue weighted by Crippen LogP contribution is -2.53. The lowest BCUT2D eigenvalue weighted by Gasteiger charge is -2.25. The van der Waals surface area contributed by atoms with Gasteiger partial charge in [0.15, 0.2) is 0 Å². The van der Waals surface area contributed by atoms with Crippen LogP contribution in [0, 0.1) is 5.92 Å². The van der Waals surface area contributed by atoms with Gasteiger partial charge in [-0.05, 0) is 18.8 Å². The van der Waals surface area contributed by atoms with Crippen molar-refractivity contribution in [3.05, 3.63) is 0 Å². The van der Waals surface area contributed by atoms with Crippen molar-refractivity contribution in [2.75, 3.05) is 13.1 Å². The highest BCUT2D eigenvalue weighted by atomic mass is 16.2. The highest BCUT2D eigenvalue weighted by Crippen LogP contribution is 2.32. The van der Waals surface area contributed by atoms with E-state index in [1.165, 1.54) is 4.90 Å². The predicted molar refractivity (Wildman–Crippen MR) is 47.1 cm³/mol. The molecule has 0 unspecified atom stereocenters. The summed E-state index contributed by atoms with van der Waals surface area (Å²) in [6, 6.07) is 0. The fourth-order valence-corrected chi connectivity index (χ4v) is 1.51. The minimum Gasteiger partial charge on any atom is -0.324 e. The molecule has 0 aromatic rings. The Kier molecular flexibility index (Phi) is 2.23. The van der Waals surface area contributed by atoms with E-state index in [9.17, 15) is 14.4 Å². The number of imide groups is 1. The van der Waals surface area contributed by atoms with Crippen LogP contribution in [-0.4, -0.2) is 35.7 Å². The van der Waals surface area contributed by atoms with E-state index in [0.717, 1.165) is 12.8 Å². The number of carbonyl (C=O) groups is 3. The number of nitrogens with one attached hydrogen (secondary N) is 1. The van der Waals surface area contributed by atoms with Gasteiger partial charge in [0.2, 0.25) is 17.7 Å². The Labute approximate surface area is 81.4 Å². The minimum atomic E-state index is -0.384. The summed E-state index contributed by atoms with van der Waals surface area (Å²) < 4.78 is 0. The molecular weight excluding hydrogens is 184 g/mol. The number of piperazine rings is 1. The number of carbonyl (C=O) groups excluding carboxylic acids is 3. The molecular formula is C9H12N2O3. The maximum Gasteiger partial charge on any atom is 0.246 e. The van der Waals surface area contributed by atoms with Crippen LogP contribution in [0.2, 0.25) is 0 Å². The van der Waals surface area contributed by atoms with Crippen LogP contribution in [0.15, 0.2) is 0 Å². The van der Waals surface area contributed by atoms with Crippen molar-refractivity contribution in [1.82, 2.24) is 10.2 Å². The van der Waals surface area contributed by atoms with Gasteiger partial charge in [0.25, 0.3) is 0 Å². The van der Waals surface area contributed by atoms with Crippen LogP contribution >= 0.6 is 0 Å². The van der Waals surface area contributed by atoms with E-state index < -0.39 is 0 Å². The van der Waals surface area contributed by atoms with Gasteiger partial charge >= 0.3 is 0 Å². The first-order valence-electron chi connectivity index (χ1n) is 4.75. The van der Waals surface area contributed by atoms with Crippen LogP contribution in [0.5, 0.6) is 0 Å². The van der Waals surface area contributed by atoms with Crippen LogP contribution in [0.25, 0.3) is 0 Å². The first-order chi connectivity index (χ1) is 6.65. The monoisotopic (exact) mass is 196 g/mol. The van der Waals surface area contributed by atoms with Crippen molar-refractivity contribution in [3.63, 3.8) is 0 Å². The van der Waals surface area contributed by atoms with E-state index in [1.807, 2.05) is 0 Å². The molecule has 0 aromatic carbocycles. The molecule has 0 atom stereocenters. The van der Waals surface area contributed by atoms with Crippen molar-refractivity contribution in [3.8, 4) is 0 Å². The van der Waals surface area contributed by atoms with E-state index in [-0.39, 0.29) is 30.8 Å². The third kappa shape index (κ3) is 2.10. The Bertz CT molecular complexity index is 280. The molecule has 1 heterocycles. The summed E-state index contributed by atoms with van der Waals surface area (Å²) in [5.41, 5.74) is 0. The molecule has 1 saturated heterocycles. The van der Waals surface area contributed by atoms with Crippen LogP contribution in [0.3, 0.4) is 0 Å². The number of hydrogen-bond donors (Lipinski definition) is 1. The standard InChI is InChI=1S/C9H12N2O3/c12-7-4-11(5-8(13)10-7)9(14)3-6-1-2-6/h6H,1-5H2,(H,10,12,13). The van der Waals surface area contributed by atoms with Gasteiger partial charge in [-0.25, -0.2) is 0 Å². The lowest BCUT2D eigenvalue weighted by atomic mass is 10.2. The quantitative estimate of drug-likeness (QED) is 0.592. The Hall–Kier alpha value is -1.39. The molecule has 5 nitrogen and oxygen atoms in total. The van der Waals surface area contributed by atoms with Gasteiger partial charge in [-0.3, -0.25) is 19.7 Å². The third-order valence-electron chi connectivity index (χ3n) is 2.46. The number of amides is 3. The average Bonchev–Trinajstić information content (AvgIpc) is 2.86. The summed E-state index contributed by atoms with van der Waals surface area (Å²) in [5, 5.41) is 2.16. The molecule has 0 radical (unpaired) electrons. The Morgan fingerprint density at radius 3 is 2.36 bits per heavy atom. The van der Waals surface area contributed by atoms with Gasteiger partial charge in [-0.1, -0.05) is 0 Å². The third-order valence-corrected chi connectivity index (χ3v) is 2.46. The maximum atomic E-state index is 11.5. The average molecular weight is 196 g/mol. The zero-order valence-electron chi connectivity index (χ0n) is 7.78. The fourth-order valence-electron chi connectivity index (χ4n) is 1.51. The molecule has 2 fully saturated rings. The van der Waals surface area contributed by atoms with Crippen molar-refractivity contribution in [2.45, 2.75) is 19.3 Å². The molecule has 0 bridgehead atoms. The first kappa shape index (κ1) is 9.18. The molecule has 2 rings (SSSR count). The summed E-state index contributed by atoms with van der Waals surface area (Å²) >= 11 is 0. The summed E-state index contributed by atoms with van der Waals surface area (Å²) in [4.78, 5) is 34.8. The van der Waals surface area contributed by atoms with E-state index in [4.69, 9.17) is 0 Å². The summed E-state index contributed by atoms with van der Waals surface area (Å²) in [6.07, 6.45) is 2.68. The van der Waals surface area contributed by atoms with E-state index in [2.05, 4.69) is 5.32 Å². The summed E-state index contributed by atoms with van der Waals surface area (Å²) in [6.45, 7) is 0.0502. The van der Waals surface area contributed by atoms with E-state index >= 15 is 0 Å². The second kappa shape index (κ2) is 3.40. The van der Waals surface area contributed by atoms with Crippen LogP contribution < -0.4 is 5.32 Å². The Morgan fingerprint density at radius 2 is 1.86 bits per heavy atom. The van der Waals surface area contributed by atoms with Gasteiger partial charge in [-0.2, -0.15) is 0 Å². The number of rotatable bonds is 2. The molecule has 14 heavy (non-hydrogen) atoms. The number of hydrogen-bond acceptors (Lipinski definition) is 3. The topological polar surface area (TPSA) is 66.5 Å². The lowest BCUT2D eigenvalue weighted by molar-refractivity contribution is -0.145. The molecule has 1 aliphatic heterocycles. The van der Waals surface area contributed by atoms with Crippen molar-refractivity contribution >= 4 is 17.7 Å². The molecule has 1 N–H and O–H groups in total. The minimum absolute atomic E-state index is 0.0251. The summed E-state index contributed by atoms with van der Waals surface area (Å²) in [5.74, 6) is -0.353. The molecule has 0 aromatic heterocycles. The molecule has 0 spiro atoms. The number of nitrogens with zero attached hydrogens (tertiary/aromatic N) is 1.